The van der Waals surface area contributed by atoms with Gasteiger partial charge in [0, 0.05) is 17.5 Å². The second kappa shape index (κ2) is 4.69. The Morgan fingerprint density at radius 1 is 1.33 bits per heavy atom. The highest BCUT2D eigenvalue weighted by molar-refractivity contribution is 5.83. The third-order valence-corrected chi connectivity index (χ3v) is 3.91. The van der Waals surface area contributed by atoms with E-state index < -0.39 is 0 Å². The number of rotatable bonds is 3. The average molecular weight is 244 g/mol. The van der Waals surface area contributed by atoms with Gasteiger partial charge in [0.25, 0.3) is 0 Å². The molecule has 0 aliphatic heterocycles. The summed E-state index contributed by atoms with van der Waals surface area (Å²) in [6.07, 6.45) is 8.12. The van der Waals surface area contributed by atoms with Gasteiger partial charge in [-0.2, -0.15) is 0 Å². The minimum atomic E-state index is 0.613. The first-order chi connectivity index (χ1) is 8.79. The Morgan fingerprint density at radius 3 is 2.83 bits per heavy atom. The molecule has 0 atom stereocenters. The van der Waals surface area contributed by atoms with E-state index >= 15 is 0 Å². The number of H-pyrrole nitrogens is 1. The normalized spacial score (nSPS) is 16.8. The van der Waals surface area contributed by atoms with E-state index in [0.29, 0.717) is 12.5 Å². The van der Waals surface area contributed by atoms with Crippen LogP contribution >= 0.6 is 0 Å². The number of nitrogens with two attached hydrogens (primary N) is 1. The third-order valence-electron chi connectivity index (χ3n) is 3.91. The smallest absolute Gasteiger partial charge is 0.141 e. The zero-order chi connectivity index (χ0) is 12.5. The lowest BCUT2D eigenvalue weighted by molar-refractivity contribution is 0.697. The standard InChI is InChI=1S/C14H20N4/c1-9-17-13(10-4-2-3-5-10)12-11(6-7-15)8-16-14(12)18-9/h8,10H,2-7,15H2,1H3,(H,16,17,18). The Balaban J connectivity index is 2.16. The molecule has 96 valence electrons. The Labute approximate surface area is 107 Å². The lowest BCUT2D eigenvalue weighted by Crippen LogP contribution is -2.05. The highest BCUT2D eigenvalue weighted by Crippen LogP contribution is 2.37. The minimum absolute atomic E-state index is 0.613. The zero-order valence-electron chi connectivity index (χ0n) is 10.9. The lowest BCUT2D eigenvalue weighted by Gasteiger charge is -2.12. The molecule has 4 nitrogen and oxygen atoms in total. The highest BCUT2D eigenvalue weighted by Gasteiger charge is 2.23. The summed E-state index contributed by atoms with van der Waals surface area (Å²) in [6.45, 7) is 2.65. The van der Waals surface area contributed by atoms with E-state index in [1.165, 1.54) is 42.3 Å². The Kier molecular flexibility index (Phi) is 3.04. The summed E-state index contributed by atoms with van der Waals surface area (Å²) in [7, 11) is 0. The molecule has 2 heterocycles. The molecule has 3 N–H and O–H groups in total. The molecule has 0 unspecified atom stereocenters. The van der Waals surface area contributed by atoms with Gasteiger partial charge in [0.2, 0.25) is 0 Å². The molecule has 0 amide bonds. The molecule has 18 heavy (non-hydrogen) atoms. The molecule has 2 aromatic rings. The van der Waals surface area contributed by atoms with Crippen molar-refractivity contribution in [3.63, 3.8) is 0 Å². The van der Waals surface area contributed by atoms with Crippen molar-refractivity contribution in [1.29, 1.82) is 0 Å². The lowest BCUT2D eigenvalue weighted by atomic mass is 9.98. The van der Waals surface area contributed by atoms with E-state index in [2.05, 4.69) is 9.97 Å². The van der Waals surface area contributed by atoms with Crippen LogP contribution in [0.5, 0.6) is 0 Å². The molecule has 0 saturated heterocycles. The van der Waals surface area contributed by atoms with Gasteiger partial charge in [0.05, 0.1) is 5.69 Å². The van der Waals surface area contributed by atoms with Crippen LogP contribution in [0.25, 0.3) is 11.0 Å². The van der Waals surface area contributed by atoms with Gasteiger partial charge in [-0.15, -0.1) is 0 Å². The Bertz CT molecular complexity index is 552. The van der Waals surface area contributed by atoms with Crippen molar-refractivity contribution < 1.29 is 0 Å². The van der Waals surface area contributed by atoms with Crippen LogP contribution < -0.4 is 5.73 Å². The molecule has 1 saturated carbocycles. The van der Waals surface area contributed by atoms with Crippen LogP contribution in [0.4, 0.5) is 0 Å². The van der Waals surface area contributed by atoms with Crippen molar-refractivity contribution in [2.45, 2.75) is 44.9 Å². The fourth-order valence-corrected chi connectivity index (χ4v) is 3.09. The van der Waals surface area contributed by atoms with E-state index in [1.54, 1.807) is 0 Å². The summed E-state index contributed by atoms with van der Waals surface area (Å²) < 4.78 is 0. The Morgan fingerprint density at radius 2 is 2.11 bits per heavy atom. The molecule has 1 fully saturated rings. The van der Waals surface area contributed by atoms with Gasteiger partial charge >= 0.3 is 0 Å². The summed E-state index contributed by atoms with van der Waals surface area (Å²) >= 11 is 0. The quantitative estimate of drug-likeness (QED) is 0.871. The average Bonchev–Trinajstić information content (AvgIpc) is 2.98. The van der Waals surface area contributed by atoms with Gasteiger partial charge in [-0.1, -0.05) is 12.8 Å². The summed E-state index contributed by atoms with van der Waals surface area (Å²) in [6, 6.07) is 0. The van der Waals surface area contributed by atoms with Crippen molar-refractivity contribution in [3.8, 4) is 0 Å². The minimum Gasteiger partial charge on any atom is -0.346 e. The van der Waals surface area contributed by atoms with Crippen LogP contribution in [-0.4, -0.2) is 21.5 Å². The molecule has 4 heteroatoms. The molecular weight excluding hydrogens is 224 g/mol. The monoisotopic (exact) mass is 244 g/mol. The summed E-state index contributed by atoms with van der Waals surface area (Å²) in [4.78, 5) is 12.5. The van der Waals surface area contributed by atoms with E-state index in [4.69, 9.17) is 10.7 Å². The molecule has 0 bridgehead atoms. The maximum atomic E-state index is 5.69. The first-order valence-electron chi connectivity index (χ1n) is 6.84. The molecular formula is C14H20N4. The fourth-order valence-electron chi connectivity index (χ4n) is 3.09. The number of hydrogen-bond donors (Lipinski definition) is 2. The van der Waals surface area contributed by atoms with Gasteiger partial charge in [-0.3, -0.25) is 0 Å². The Hall–Kier alpha value is -1.42. The highest BCUT2D eigenvalue weighted by atomic mass is 14.9. The van der Waals surface area contributed by atoms with Crippen molar-refractivity contribution >= 4 is 11.0 Å². The number of nitrogens with one attached hydrogen (secondary N) is 1. The second-order valence-electron chi connectivity index (χ2n) is 5.21. The maximum absolute atomic E-state index is 5.69. The zero-order valence-corrected chi connectivity index (χ0v) is 10.9. The molecule has 3 rings (SSSR count). The van der Waals surface area contributed by atoms with Crippen LogP contribution in [-0.2, 0) is 6.42 Å². The predicted molar refractivity (Wildman–Crippen MR) is 72.6 cm³/mol. The van der Waals surface area contributed by atoms with Crippen LogP contribution in [0.1, 0.15) is 48.7 Å². The van der Waals surface area contributed by atoms with Gasteiger partial charge in [0.1, 0.15) is 11.5 Å². The molecule has 1 aliphatic carbocycles. The molecule has 1 aliphatic rings. The van der Waals surface area contributed by atoms with Crippen LogP contribution in [0, 0.1) is 6.92 Å². The van der Waals surface area contributed by atoms with Gasteiger partial charge in [-0.05, 0) is 38.3 Å². The van der Waals surface area contributed by atoms with Gasteiger partial charge < -0.3 is 10.7 Å². The van der Waals surface area contributed by atoms with Gasteiger partial charge in [0.15, 0.2) is 0 Å². The predicted octanol–water partition coefficient (Wildman–Crippen LogP) is 2.43. The number of aromatic amines is 1. The maximum Gasteiger partial charge on any atom is 0.141 e. The summed E-state index contributed by atoms with van der Waals surface area (Å²) in [5.41, 5.74) is 9.19. The largest absolute Gasteiger partial charge is 0.346 e. The molecule has 0 spiro atoms. The summed E-state index contributed by atoms with van der Waals surface area (Å²) in [5, 5.41) is 1.23. The van der Waals surface area contributed by atoms with Gasteiger partial charge in [-0.25, -0.2) is 9.97 Å². The van der Waals surface area contributed by atoms with Crippen molar-refractivity contribution in [2.24, 2.45) is 5.73 Å². The van der Waals surface area contributed by atoms with E-state index in [-0.39, 0.29) is 0 Å². The number of aryl methyl sites for hydroxylation is 1. The second-order valence-corrected chi connectivity index (χ2v) is 5.21. The van der Waals surface area contributed by atoms with E-state index in [9.17, 15) is 0 Å². The van der Waals surface area contributed by atoms with Crippen molar-refractivity contribution in [3.05, 3.63) is 23.3 Å². The van der Waals surface area contributed by atoms with Crippen LogP contribution in [0.3, 0.4) is 0 Å². The first kappa shape index (κ1) is 11.7. The number of hydrogen-bond acceptors (Lipinski definition) is 3. The van der Waals surface area contributed by atoms with Crippen LogP contribution in [0.2, 0.25) is 0 Å². The molecule has 2 aromatic heterocycles. The topological polar surface area (TPSA) is 67.6 Å². The van der Waals surface area contributed by atoms with E-state index in [0.717, 1.165) is 17.9 Å². The third kappa shape index (κ3) is 1.90. The van der Waals surface area contributed by atoms with Crippen LogP contribution in [0.15, 0.2) is 6.20 Å². The SMILES string of the molecule is Cc1nc(C2CCCC2)c2c(CCN)c[nH]c2n1. The molecule has 0 radical (unpaired) electrons. The number of aromatic nitrogens is 3. The summed E-state index contributed by atoms with van der Waals surface area (Å²) in [5.74, 6) is 1.48. The van der Waals surface area contributed by atoms with Crippen molar-refractivity contribution in [2.75, 3.05) is 6.54 Å². The first-order valence-corrected chi connectivity index (χ1v) is 6.84. The molecule has 0 aromatic carbocycles. The number of nitrogens with zero attached hydrogens (tertiary/aromatic N) is 2. The fraction of sp³-hybridized carbons (Fsp3) is 0.571. The van der Waals surface area contributed by atoms with E-state index in [1.807, 2.05) is 13.1 Å². The number of fused-ring (bicyclic) bond motifs is 1. The van der Waals surface area contributed by atoms with Crippen molar-refractivity contribution in [1.82, 2.24) is 15.0 Å².